The molecule has 6 nitrogen and oxygen atoms in total. The molecule has 0 aliphatic carbocycles. The number of hydrogen-bond donors (Lipinski definition) is 1. The van der Waals surface area contributed by atoms with Crippen LogP contribution in [0.15, 0.2) is 79.1 Å². The van der Waals surface area contributed by atoms with E-state index in [2.05, 4.69) is 10.3 Å². The van der Waals surface area contributed by atoms with Crippen LogP contribution in [-0.4, -0.2) is 27.4 Å². The number of fused-ring (bicyclic) bond motifs is 2. The van der Waals surface area contributed by atoms with Gasteiger partial charge in [0.15, 0.2) is 0 Å². The molecule has 152 valence electrons. The number of imidazole rings is 1. The molecule has 0 bridgehead atoms. The van der Waals surface area contributed by atoms with Crippen molar-refractivity contribution in [3.05, 3.63) is 90.4 Å². The van der Waals surface area contributed by atoms with Crippen LogP contribution in [0, 0.1) is 6.92 Å². The Labute approximate surface area is 179 Å². The summed E-state index contributed by atoms with van der Waals surface area (Å²) in [4.78, 5) is 22.1. The monoisotopic (exact) mass is 408 g/mol. The average Bonchev–Trinajstić information content (AvgIpc) is 3.24. The lowest BCUT2D eigenvalue weighted by atomic mass is 10.1. The van der Waals surface area contributed by atoms with Gasteiger partial charge in [-0.1, -0.05) is 30.3 Å². The van der Waals surface area contributed by atoms with Crippen molar-refractivity contribution in [1.29, 1.82) is 0 Å². The van der Waals surface area contributed by atoms with Crippen molar-refractivity contribution >= 4 is 28.1 Å². The van der Waals surface area contributed by atoms with Crippen LogP contribution in [0.2, 0.25) is 0 Å². The van der Waals surface area contributed by atoms with E-state index in [0.717, 1.165) is 33.4 Å². The highest BCUT2D eigenvalue weighted by Gasteiger charge is 2.14. The van der Waals surface area contributed by atoms with Gasteiger partial charge in [-0.15, -0.1) is 0 Å². The fourth-order valence-electron chi connectivity index (χ4n) is 3.64. The second-order valence-corrected chi connectivity index (χ2v) is 7.31. The predicted octanol–water partition coefficient (Wildman–Crippen LogP) is 5.12. The molecule has 0 atom stereocenters. The highest BCUT2D eigenvalue weighted by Crippen LogP contribution is 2.31. The third kappa shape index (κ3) is 3.48. The van der Waals surface area contributed by atoms with E-state index in [1.165, 1.54) is 0 Å². The van der Waals surface area contributed by atoms with E-state index < -0.39 is 0 Å². The molecule has 0 unspecified atom stereocenters. The van der Waals surface area contributed by atoms with Gasteiger partial charge in [0.1, 0.15) is 17.1 Å². The molecule has 5 aromatic rings. The lowest BCUT2D eigenvalue weighted by molar-refractivity contribution is 0.102. The molecule has 1 N–H and O–H groups in total. The molecule has 0 radical (unpaired) electrons. The second kappa shape index (κ2) is 7.57. The summed E-state index contributed by atoms with van der Waals surface area (Å²) in [6.45, 7) is 2.03. The molecule has 2 aromatic carbocycles. The van der Waals surface area contributed by atoms with E-state index in [1.54, 1.807) is 13.2 Å². The van der Waals surface area contributed by atoms with E-state index in [0.29, 0.717) is 17.1 Å². The Balaban J connectivity index is 1.50. The molecule has 3 heterocycles. The van der Waals surface area contributed by atoms with Crippen LogP contribution < -0.4 is 10.1 Å². The van der Waals surface area contributed by atoms with Gasteiger partial charge in [0.25, 0.3) is 5.91 Å². The normalized spacial score (nSPS) is 11.0. The highest BCUT2D eigenvalue weighted by molar-refractivity contribution is 6.05. The number of methoxy groups -OCH3 is 1. The Bertz CT molecular complexity index is 1440. The minimum absolute atomic E-state index is 0.299. The fraction of sp³-hybridized carbons (Fsp3) is 0.0800. The number of carbonyl (C=O) groups excluding carboxylic acids is 1. The van der Waals surface area contributed by atoms with Gasteiger partial charge in [0, 0.05) is 23.3 Å². The van der Waals surface area contributed by atoms with Crippen LogP contribution >= 0.6 is 0 Å². The first-order chi connectivity index (χ1) is 15.1. The van der Waals surface area contributed by atoms with E-state index in [-0.39, 0.29) is 5.91 Å². The minimum atomic E-state index is -0.299. The molecule has 0 saturated carbocycles. The predicted molar refractivity (Wildman–Crippen MR) is 122 cm³/mol. The fourth-order valence-corrected chi connectivity index (χ4v) is 3.64. The van der Waals surface area contributed by atoms with Crippen LogP contribution in [0.1, 0.15) is 16.1 Å². The SMILES string of the molecule is COc1ccc(-c2cn3cccc(C)c3n2)cc1NC(=O)c1ccc2ccccc2n1. The van der Waals surface area contributed by atoms with Crippen molar-refractivity contribution in [1.82, 2.24) is 14.4 Å². The maximum absolute atomic E-state index is 12.9. The molecule has 0 aliphatic heterocycles. The van der Waals surface area contributed by atoms with Gasteiger partial charge in [0.05, 0.1) is 24.0 Å². The van der Waals surface area contributed by atoms with Gasteiger partial charge >= 0.3 is 0 Å². The number of pyridine rings is 2. The number of nitrogens with zero attached hydrogens (tertiary/aromatic N) is 3. The molecule has 0 aliphatic rings. The van der Waals surface area contributed by atoms with Crippen LogP contribution in [0.5, 0.6) is 5.75 Å². The summed E-state index contributed by atoms with van der Waals surface area (Å²) >= 11 is 0. The lowest BCUT2D eigenvalue weighted by Crippen LogP contribution is -2.14. The molecular formula is C25H20N4O2. The number of ether oxygens (including phenoxy) is 1. The zero-order chi connectivity index (χ0) is 21.4. The van der Waals surface area contributed by atoms with Crippen molar-refractivity contribution in [3.8, 4) is 17.0 Å². The Morgan fingerprint density at radius 2 is 1.87 bits per heavy atom. The zero-order valence-corrected chi connectivity index (χ0v) is 17.2. The molecule has 6 heteroatoms. The molecule has 31 heavy (non-hydrogen) atoms. The molecule has 1 amide bonds. The number of rotatable bonds is 4. The van der Waals surface area contributed by atoms with Crippen molar-refractivity contribution in [2.75, 3.05) is 12.4 Å². The number of para-hydroxylation sites is 1. The standard InChI is InChI=1S/C25H20N4O2/c1-16-6-5-13-29-15-22(27-24(16)29)18-10-12-23(31-2)21(14-18)28-25(30)20-11-9-17-7-3-4-8-19(17)26-20/h3-15H,1-2H3,(H,28,30). The summed E-state index contributed by atoms with van der Waals surface area (Å²) in [6, 6.07) is 21.0. The number of anilines is 1. The summed E-state index contributed by atoms with van der Waals surface area (Å²) in [6.07, 6.45) is 3.94. The Morgan fingerprint density at radius 1 is 1.00 bits per heavy atom. The molecule has 0 fully saturated rings. The Hall–Kier alpha value is -4.19. The van der Waals surface area contributed by atoms with E-state index in [4.69, 9.17) is 9.72 Å². The van der Waals surface area contributed by atoms with Crippen molar-refractivity contribution in [2.45, 2.75) is 6.92 Å². The van der Waals surface area contributed by atoms with E-state index in [1.807, 2.05) is 84.4 Å². The van der Waals surface area contributed by atoms with Gasteiger partial charge in [-0.2, -0.15) is 0 Å². The van der Waals surface area contributed by atoms with Gasteiger partial charge in [0.2, 0.25) is 0 Å². The van der Waals surface area contributed by atoms with Crippen LogP contribution in [0.25, 0.3) is 27.8 Å². The third-order valence-corrected chi connectivity index (χ3v) is 5.25. The number of amides is 1. The quantitative estimate of drug-likeness (QED) is 0.448. The third-order valence-electron chi connectivity index (χ3n) is 5.25. The largest absolute Gasteiger partial charge is 0.495 e. The molecule has 0 saturated heterocycles. The Morgan fingerprint density at radius 3 is 2.71 bits per heavy atom. The summed E-state index contributed by atoms with van der Waals surface area (Å²) in [5, 5.41) is 3.92. The summed E-state index contributed by atoms with van der Waals surface area (Å²) in [5.74, 6) is 0.268. The first-order valence-corrected chi connectivity index (χ1v) is 9.92. The number of hydrogen-bond acceptors (Lipinski definition) is 4. The minimum Gasteiger partial charge on any atom is -0.495 e. The van der Waals surface area contributed by atoms with E-state index in [9.17, 15) is 4.79 Å². The van der Waals surface area contributed by atoms with Gasteiger partial charge in [-0.25, -0.2) is 9.97 Å². The first-order valence-electron chi connectivity index (χ1n) is 9.92. The maximum atomic E-state index is 12.9. The lowest BCUT2D eigenvalue weighted by Gasteiger charge is -2.11. The Kier molecular flexibility index (Phi) is 4.59. The molecule has 5 rings (SSSR count). The number of benzene rings is 2. The number of aryl methyl sites for hydroxylation is 1. The van der Waals surface area contributed by atoms with Crippen LogP contribution in [0.3, 0.4) is 0 Å². The maximum Gasteiger partial charge on any atom is 0.274 e. The average molecular weight is 408 g/mol. The van der Waals surface area contributed by atoms with Crippen LogP contribution in [-0.2, 0) is 0 Å². The second-order valence-electron chi connectivity index (χ2n) is 7.31. The van der Waals surface area contributed by atoms with E-state index >= 15 is 0 Å². The van der Waals surface area contributed by atoms with Crippen molar-refractivity contribution in [3.63, 3.8) is 0 Å². The topological polar surface area (TPSA) is 68.5 Å². The molecule has 0 spiro atoms. The number of aromatic nitrogens is 3. The van der Waals surface area contributed by atoms with Crippen LogP contribution in [0.4, 0.5) is 5.69 Å². The molecular weight excluding hydrogens is 388 g/mol. The zero-order valence-electron chi connectivity index (χ0n) is 17.2. The number of carbonyl (C=O) groups is 1. The van der Waals surface area contributed by atoms with Crippen molar-refractivity contribution < 1.29 is 9.53 Å². The van der Waals surface area contributed by atoms with Gasteiger partial charge < -0.3 is 14.5 Å². The number of nitrogens with one attached hydrogen (secondary N) is 1. The summed E-state index contributed by atoms with van der Waals surface area (Å²) < 4.78 is 7.45. The first kappa shape index (κ1) is 18.8. The smallest absolute Gasteiger partial charge is 0.274 e. The van der Waals surface area contributed by atoms with Gasteiger partial charge in [-0.05, 0) is 48.9 Å². The summed E-state index contributed by atoms with van der Waals surface area (Å²) in [7, 11) is 1.58. The summed E-state index contributed by atoms with van der Waals surface area (Å²) in [5.41, 5.74) is 5.37. The van der Waals surface area contributed by atoms with Gasteiger partial charge in [-0.3, -0.25) is 4.79 Å². The molecule has 3 aromatic heterocycles. The highest BCUT2D eigenvalue weighted by atomic mass is 16.5. The van der Waals surface area contributed by atoms with Crippen molar-refractivity contribution in [2.24, 2.45) is 0 Å².